The normalized spacial score (nSPS) is 16.0. The zero-order valence-electron chi connectivity index (χ0n) is 14.6. The second-order valence-electron chi connectivity index (χ2n) is 6.47. The van der Waals surface area contributed by atoms with E-state index in [0.29, 0.717) is 24.4 Å². The topological polar surface area (TPSA) is 63.6 Å². The molecule has 1 aliphatic rings. The van der Waals surface area contributed by atoms with E-state index in [2.05, 4.69) is 15.5 Å². The van der Waals surface area contributed by atoms with Crippen molar-refractivity contribution in [1.82, 2.24) is 10.3 Å². The van der Waals surface area contributed by atoms with Gasteiger partial charge >= 0.3 is 0 Å². The number of benzene rings is 2. The first kappa shape index (κ1) is 17.5. The van der Waals surface area contributed by atoms with Crippen LogP contribution in [0.1, 0.15) is 17.5 Å². The largest absolute Gasteiger partial charge is 0.382 e. The van der Waals surface area contributed by atoms with Gasteiger partial charge in [-0.2, -0.15) is 0 Å². The molecule has 0 saturated heterocycles. The summed E-state index contributed by atoms with van der Waals surface area (Å²) in [5.41, 5.74) is 3.75. The van der Waals surface area contributed by atoms with E-state index < -0.39 is 6.10 Å². The van der Waals surface area contributed by atoms with Gasteiger partial charge in [-0.1, -0.05) is 47.1 Å². The summed E-state index contributed by atoms with van der Waals surface area (Å²) in [4.78, 5) is 22.0. The summed E-state index contributed by atoms with van der Waals surface area (Å²) in [6, 6.07) is 17.5. The fourth-order valence-corrected chi connectivity index (χ4v) is 3.27. The van der Waals surface area contributed by atoms with Gasteiger partial charge in [0.05, 0.1) is 11.2 Å². The molecule has 4 rings (SSSR count). The van der Waals surface area contributed by atoms with E-state index >= 15 is 0 Å². The molecule has 0 spiro atoms. The van der Waals surface area contributed by atoms with Crippen LogP contribution in [-0.4, -0.2) is 22.7 Å². The number of aromatic nitrogens is 1. The van der Waals surface area contributed by atoms with Crippen LogP contribution in [0.3, 0.4) is 0 Å². The molecule has 0 saturated carbocycles. The van der Waals surface area contributed by atoms with Gasteiger partial charge in [0.2, 0.25) is 6.10 Å². The van der Waals surface area contributed by atoms with E-state index in [1.54, 1.807) is 6.20 Å². The Hall–Kier alpha value is -2.92. The molecule has 2 aromatic carbocycles. The van der Waals surface area contributed by atoms with Crippen molar-refractivity contribution < 1.29 is 9.63 Å². The molecule has 1 aromatic heterocycles. The summed E-state index contributed by atoms with van der Waals surface area (Å²) in [6.07, 6.45) is 2.23. The predicted octanol–water partition coefficient (Wildman–Crippen LogP) is 3.89. The highest BCUT2D eigenvalue weighted by molar-refractivity contribution is 6.31. The minimum absolute atomic E-state index is 0.167. The molecule has 136 valence electrons. The van der Waals surface area contributed by atoms with Gasteiger partial charge < -0.3 is 10.2 Å². The van der Waals surface area contributed by atoms with E-state index in [9.17, 15) is 4.79 Å². The van der Waals surface area contributed by atoms with Crippen molar-refractivity contribution in [3.05, 3.63) is 76.9 Å². The fourth-order valence-electron chi connectivity index (χ4n) is 3.07. The van der Waals surface area contributed by atoms with Gasteiger partial charge in [0.15, 0.2) is 0 Å². The van der Waals surface area contributed by atoms with Crippen molar-refractivity contribution in [2.45, 2.75) is 25.5 Å². The Labute approximate surface area is 162 Å². The maximum atomic E-state index is 12.4. The first-order chi connectivity index (χ1) is 13.2. The van der Waals surface area contributed by atoms with Crippen molar-refractivity contribution in [3.63, 3.8) is 0 Å². The first-order valence-corrected chi connectivity index (χ1v) is 9.13. The monoisotopic (exact) mass is 379 g/mol. The van der Waals surface area contributed by atoms with Gasteiger partial charge in [-0.05, 0) is 35.4 Å². The van der Waals surface area contributed by atoms with Crippen molar-refractivity contribution in [1.29, 1.82) is 0 Å². The average molecular weight is 380 g/mol. The van der Waals surface area contributed by atoms with Crippen LogP contribution in [0.5, 0.6) is 0 Å². The fraction of sp³-hybridized carbons (Fsp3) is 0.190. The van der Waals surface area contributed by atoms with E-state index in [0.717, 1.165) is 27.7 Å². The average Bonchev–Trinajstić information content (AvgIpc) is 3.16. The lowest BCUT2D eigenvalue weighted by molar-refractivity contribution is -0.131. The Kier molecular flexibility index (Phi) is 5.03. The summed E-state index contributed by atoms with van der Waals surface area (Å²) in [5.74, 6) is -0.167. The molecule has 1 N–H and O–H groups in total. The second-order valence-corrected chi connectivity index (χ2v) is 6.88. The molecule has 1 aliphatic heterocycles. The molecule has 0 bridgehead atoms. The SMILES string of the molecule is O=C(NCc1ccc2ncccc2c1)C1CC(Cc2ccccc2Cl)=NO1. The van der Waals surface area contributed by atoms with Crippen molar-refractivity contribution in [2.75, 3.05) is 0 Å². The zero-order valence-corrected chi connectivity index (χ0v) is 15.3. The number of pyridine rings is 1. The highest BCUT2D eigenvalue weighted by Gasteiger charge is 2.28. The maximum absolute atomic E-state index is 12.4. The summed E-state index contributed by atoms with van der Waals surface area (Å²) in [6.45, 7) is 0.434. The van der Waals surface area contributed by atoms with E-state index in [4.69, 9.17) is 16.4 Å². The van der Waals surface area contributed by atoms with Gasteiger partial charge in [-0.15, -0.1) is 0 Å². The molecule has 0 radical (unpaired) electrons. The number of carbonyl (C=O) groups excluding carboxylic acids is 1. The Morgan fingerprint density at radius 3 is 2.96 bits per heavy atom. The third-order valence-electron chi connectivity index (χ3n) is 4.51. The van der Waals surface area contributed by atoms with Crippen LogP contribution in [0, 0.1) is 0 Å². The minimum Gasteiger partial charge on any atom is -0.382 e. The lowest BCUT2D eigenvalue weighted by Gasteiger charge is -2.10. The molecular weight excluding hydrogens is 362 g/mol. The molecule has 6 heteroatoms. The van der Waals surface area contributed by atoms with Crippen LogP contribution < -0.4 is 5.32 Å². The van der Waals surface area contributed by atoms with Crippen LogP contribution in [0.15, 0.2) is 65.9 Å². The molecular formula is C21H18ClN3O2. The van der Waals surface area contributed by atoms with E-state index in [1.807, 2.05) is 54.6 Å². The molecule has 1 amide bonds. The number of oxime groups is 1. The predicted molar refractivity (Wildman–Crippen MR) is 106 cm³/mol. The number of hydrogen-bond donors (Lipinski definition) is 1. The minimum atomic E-state index is -0.593. The van der Waals surface area contributed by atoms with Crippen molar-refractivity contribution >= 4 is 34.1 Å². The number of amides is 1. The number of halogens is 1. The number of hydrogen-bond acceptors (Lipinski definition) is 4. The molecule has 3 aromatic rings. The van der Waals surface area contributed by atoms with Crippen LogP contribution in [-0.2, 0) is 22.6 Å². The van der Waals surface area contributed by atoms with Gasteiger partial charge in [0.1, 0.15) is 0 Å². The quantitative estimate of drug-likeness (QED) is 0.731. The van der Waals surface area contributed by atoms with Gasteiger partial charge in [0, 0.05) is 36.0 Å². The third-order valence-corrected chi connectivity index (χ3v) is 4.88. The lowest BCUT2D eigenvalue weighted by atomic mass is 10.0. The molecule has 1 atom stereocenters. The van der Waals surface area contributed by atoms with E-state index in [1.165, 1.54) is 0 Å². The van der Waals surface area contributed by atoms with Gasteiger partial charge in [-0.25, -0.2) is 0 Å². The Morgan fingerprint density at radius 1 is 1.19 bits per heavy atom. The van der Waals surface area contributed by atoms with Crippen molar-refractivity contribution in [3.8, 4) is 0 Å². The molecule has 1 unspecified atom stereocenters. The number of fused-ring (bicyclic) bond motifs is 1. The molecule has 0 aliphatic carbocycles. The Bertz CT molecular complexity index is 1020. The highest BCUT2D eigenvalue weighted by Crippen LogP contribution is 2.20. The molecule has 0 fully saturated rings. The Balaban J connectivity index is 1.32. The van der Waals surface area contributed by atoms with Crippen molar-refractivity contribution in [2.24, 2.45) is 5.16 Å². The molecule has 27 heavy (non-hydrogen) atoms. The van der Waals surface area contributed by atoms with Gasteiger partial charge in [0.25, 0.3) is 5.91 Å². The molecule has 5 nitrogen and oxygen atoms in total. The van der Waals surface area contributed by atoms with Crippen LogP contribution in [0.25, 0.3) is 10.9 Å². The highest BCUT2D eigenvalue weighted by atomic mass is 35.5. The van der Waals surface area contributed by atoms with E-state index in [-0.39, 0.29) is 5.91 Å². The second kappa shape index (κ2) is 7.76. The van der Waals surface area contributed by atoms with Gasteiger partial charge in [-0.3, -0.25) is 9.78 Å². The van der Waals surface area contributed by atoms with Crippen LogP contribution >= 0.6 is 11.6 Å². The zero-order chi connectivity index (χ0) is 18.6. The lowest BCUT2D eigenvalue weighted by Crippen LogP contribution is -2.34. The van der Waals surface area contributed by atoms with Crippen LogP contribution in [0.4, 0.5) is 0 Å². The summed E-state index contributed by atoms with van der Waals surface area (Å²) in [5, 5.41) is 8.72. The first-order valence-electron chi connectivity index (χ1n) is 8.75. The third kappa shape index (κ3) is 4.09. The molecule has 2 heterocycles. The number of nitrogens with one attached hydrogen (secondary N) is 1. The number of rotatable bonds is 5. The number of nitrogens with zero attached hydrogens (tertiary/aromatic N) is 2. The summed E-state index contributed by atoms with van der Waals surface area (Å²) >= 11 is 6.18. The maximum Gasteiger partial charge on any atom is 0.264 e. The Morgan fingerprint density at radius 2 is 2.07 bits per heavy atom. The van der Waals surface area contributed by atoms with Crippen LogP contribution in [0.2, 0.25) is 5.02 Å². The smallest absolute Gasteiger partial charge is 0.264 e. The number of carbonyl (C=O) groups is 1. The summed E-state index contributed by atoms with van der Waals surface area (Å²) < 4.78 is 0. The standard InChI is InChI=1S/C21H18ClN3O2/c22-18-6-2-1-4-15(18)11-17-12-20(27-25-17)21(26)24-13-14-7-8-19-16(10-14)5-3-9-23-19/h1-10,20H,11-13H2,(H,24,26). The summed E-state index contributed by atoms with van der Waals surface area (Å²) in [7, 11) is 0.